The molecular formula is C13H21NO5. The monoisotopic (exact) mass is 271 g/mol. The standard InChI is InChI=1S/C13H21NO5/c1-2-3-4-5-6-7-11(15)14-10(13(18)19)8-9-12(16)17/h3-4,10H,2,5-9H2,1H3,(H,14,15)(H,16,17)(H,18,19)/b4-3+/t10-/m0/s1. The SMILES string of the molecule is CC/C=C/CCCC(=O)N[C@@H](CCC(=O)O)C(=O)O. The van der Waals surface area contributed by atoms with Gasteiger partial charge in [-0.3, -0.25) is 9.59 Å². The maximum atomic E-state index is 11.5. The Labute approximate surface area is 112 Å². The van der Waals surface area contributed by atoms with Crippen LogP contribution >= 0.6 is 0 Å². The number of carbonyl (C=O) groups excluding carboxylic acids is 1. The Morgan fingerprint density at radius 2 is 1.84 bits per heavy atom. The number of amides is 1. The number of aliphatic carboxylic acids is 2. The summed E-state index contributed by atoms with van der Waals surface area (Å²) in [5.74, 6) is -2.65. The minimum atomic E-state index is -1.21. The van der Waals surface area contributed by atoms with Crippen LogP contribution in [0.4, 0.5) is 0 Å². The first kappa shape index (κ1) is 17.2. The summed E-state index contributed by atoms with van der Waals surface area (Å²) in [6.07, 6.45) is 6.20. The van der Waals surface area contributed by atoms with E-state index in [1.165, 1.54) is 0 Å². The van der Waals surface area contributed by atoms with Gasteiger partial charge in [0.05, 0.1) is 0 Å². The molecule has 0 aliphatic heterocycles. The molecule has 0 aliphatic rings. The first-order valence-electron chi connectivity index (χ1n) is 6.36. The second kappa shape index (κ2) is 10.1. The minimum Gasteiger partial charge on any atom is -0.481 e. The molecule has 3 N–H and O–H groups in total. The molecule has 0 unspecified atom stereocenters. The molecule has 108 valence electrons. The van der Waals surface area contributed by atoms with Crippen LogP contribution in [0.1, 0.15) is 45.4 Å². The van der Waals surface area contributed by atoms with Crippen LogP contribution in [-0.2, 0) is 14.4 Å². The number of carbonyl (C=O) groups is 3. The van der Waals surface area contributed by atoms with Gasteiger partial charge in [0.2, 0.25) is 5.91 Å². The highest BCUT2D eigenvalue weighted by molar-refractivity contribution is 5.83. The smallest absolute Gasteiger partial charge is 0.326 e. The van der Waals surface area contributed by atoms with Crippen LogP contribution in [-0.4, -0.2) is 34.1 Å². The molecule has 0 bridgehead atoms. The van der Waals surface area contributed by atoms with Crippen LogP contribution in [0.25, 0.3) is 0 Å². The molecule has 0 heterocycles. The fourth-order valence-corrected chi connectivity index (χ4v) is 1.46. The van der Waals surface area contributed by atoms with E-state index in [-0.39, 0.29) is 25.2 Å². The number of unbranched alkanes of at least 4 members (excludes halogenated alkanes) is 1. The number of nitrogens with one attached hydrogen (secondary N) is 1. The predicted octanol–water partition coefficient (Wildman–Crippen LogP) is 1.56. The zero-order valence-electron chi connectivity index (χ0n) is 11.1. The lowest BCUT2D eigenvalue weighted by molar-refractivity contribution is -0.143. The van der Waals surface area contributed by atoms with Gasteiger partial charge in [-0.1, -0.05) is 19.1 Å². The largest absolute Gasteiger partial charge is 0.481 e. The van der Waals surface area contributed by atoms with E-state index in [2.05, 4.69) is 5.32 Å². The summed E-state index contributed by atoms with van der Waals surface area (Å²) in [5.41, 5.74) is 0. The zero-order valence-corrected chi connectivity index (χ0v) is 11.1. The number of allylic oxidation sites excluding steroid dienone is 2. The van der Waals surface area contributed by atoms with Gasteiger partial charge in [0, 0.05) is 12.8 Å². The van der Waals surface area contributed by atoms with Crippen LogP contribution in [0.3, 0.4) is 0 Å². The molecule has 6 nitrogen and oxygen atoms in total. The zero-order chi connectivity index (χ0) is 14.7. The molecule has 0 fully saturated rings. The molecule has 1 amide bonds. The van der Waals surface area contributed by atoms with Gasteiger partial charge in [-0.25, -0.2) is 4.79 Å². The van der Waals surface area contributed by atoms with Gasteiger partial charge in [-0.05, 0) is 25.7 Å². The molecule has 0 radical (unpaired) electrons. The quantitative estimate of drug-likeness (QED) is 0.413. The summed E-state index contributed by atoms with van der Waals surface area (Å²) in [4.78, 5) is 32.7. The molecule has 6 heteroatoms. The molecule has 1 atom stereocenters. The number of rotatable bonds is 10. The van der Waals surface area contributed by atoms with Crippen molar-refractivity contribution in [2.75, 3.05) is 0 Å². The first-order chi connectivity index (χ1) is 8.97. The van der Waals surface area contributed by atoms with Gasteiger partial charge in [-0.2, -0.15) is 0 Å². The number of hydrogen-bond donors (Lipinski definition) is 3. The third-order valence-corrected chi connectivity index (χ3v) is 2.46. The van der Waals surface area contributed by atoms with Crippen LogP contribution in [0.2, 0.25) is 0 Å². The highest BCUT2D eigenvalue weighted by atomic mass is 16.4. The maximum absolute atomic E-state index is 11.5. The molecule has 0 saturated heterocycles. The second-order valence-corrected chi connectivity index (χ2v) is 4.16. The molecule has 0 saturated carbocycles. The molecule has 0 aromatic heterocycles. The molecule has 0 spiro atoms. The second-order valence-electron chi connectivity index (χ2n) is 4.16. The normalized spacial score (nSPS) is 12.3. The van der Waals surface area contributed by atoms with Crippen molar-refractivity contribution >= 4 is 17.8 Å². The number of carboxylic acids is 2. The van der Waals surface area contributed by atoms with E-state index in [1.54, 1.807) is 0 Å². The summed E-state index contributed by atoms with van der Waals surface area (Å²) in [6.45, 7) is 2.02. The average Bonchev–Trinajstić information content (AvgIpc) is 2.33. The van der Waals surface area contributed by atoms with E-state index in [9.17, 15) is 14.4 Å². The Hall–Kier alpha value is -1.85. The van der Waals surface area contributed by atoms with Crippen molar-refractivity contribution in [2.45, 2.75) is 51.5 Å². The van der Waals surface area contributed by atoms with Gasteiger partial charge in [0.1, 0.15) is 6.04 Å². The minimum absolute atomic E-state index is 0.105. The van der Waals surface area contributed by atoms with Crippen molar-refractivity contribution in [3.8, 4) is 0 Å². The van der Waals surface area contributed by atoms with Gasteiger partial charge < -0.3 is 15.5 Å². The third-order valence-electron chi connectivity index (χ3n) is 2.46. The number of hydrogen-bond acceptors (Lipinski definition) is 3. The van der Waals surface area contributed by atoms with Crippen LogP contribution in [0.5, 0.6) is 0 Å². The lowest BCUT2D eigenvalue weighted by Gasteiger charge is -2.13. The fourth-order valence-electron chi connectivity index (χ4n) is 1.46. The Kier molecular flexibility index (Phi) is 9.12. The van der Waals surface area contributed by atoms with Crippen LogP contribution in [0, 0.1) is 0 Å². The molecule has 0 aliphatic carbocycles. The summed E-state index contributed by atoms with van der Waals surface area (Å²) in [6, 6.07) is -1.13. The fraction of sp³-hybridized carbons (Fsp3) is 0.615. The summed E-state index contributed by atoms with van der Waals surface area (Å²) in [7, 11) is 0. The average molecular weight is 271 g/mol. The maximum Gasteiger partial charge on any atom is 0.326 e. The Balaban J connectivity index is 3.99. The van der Waals surface area contributed by atoms with Crippen molar-refractivity contribution in [3.63, 3.8) is 0 Å². The Bertz CT molecular complexity index is 338. The van der Waals surface area contributed by atoms with Crippen LogP contribution < -0.4 is 5.32 Å². The van der Waals surface area contributed by atoms with Gasteiger partial charge >= 0.3 is 11.9 Å². The van der Waals surface area contributed by atoms with Crippen molar-refractivity contribution < 1.29 is 24.6 Å². The summed E-state index contributed by atoms with van der Waals surface area (Å²) >= 11 is 0. The Morgan fingerprint density at radius 1 is 1.16 bits per heavy atom. The first-order valence-corrected chi connectivity index (χ1v) is 6.36. The topological polar surface area (TPSA) is 104 Å². The van der Waals surface area contributed by atoms with E-state index in [1.807, 2.05) is 19.1 Å². The van der Waals surface area contributed by atoms with E-state index in [0.717, 1.165) is 12.8 Å². The third kappa shape index (κ3) is 9.82. The van der Waals surface area contributed by atoms with E-state index in [0.29, 0.717) is 6.42 Å². The van der Waals surface area contributed by atoms with E-state index < -0.39 is 18.0 Å². The van der Waals surface area contributed by atoms with Crippen LogP contribution in [0.15, 0.2) is 12.2 Å². The molecule has 0 aromatic rings. The molecular weight excluding hydrogens is 250 g/mol. The van der Waals surface area contributed by atoms with Crippen molar-refractivity contribution in [2.24, 2.45) is 0 Å². The van der Waals surface area contributed by atoms with Gasteiger partial charge in [0.25, 0.3) is 0 Å². The van der Waals surface area contributed by atoms with Crippen molar-refractivity contribution in [3.05, 3.63) is 12.2 Å². The Morgan fingerprint density at radius 3 is 2.37 bits per heavy atom. The highest BCUT2D eigenvalue weighted by Gasteiger charge is 2.20. The summed E-state index contributed by atoms with van der Waals surface area (Å²) in [5, 5.41) is 19.7. The molecule has 0 rings (SSSR count). The van der Waals surface area contributed by atoms with Crippen molar-refractivity contribution in [1.29, 1.82) is 0 Å². The lowest BCUT2D eigenvalue weighted by atomic mass is 10.1. The van der Waals surface area contributed by atoms with Gasteiger partial charge in [-0.15, -0.1) is 0 Å². The van der Waals surface area contributed by atoms with Crippen molar-refractivity contribution in [1.82, 2.24) is 5.32 Å². The van der Waals surface area contributed by atoms with Gasteiger partial charge in [0.15, 0.2) is 0 Å². The predicted molar refractivity (Wildman–Crippen MR) is 69.7 cm³/mol. The van der Waals surface area contributed by atoms with E-state index >= 15 is 0 Å². The molecule has 19 heavy (non-hydrogen) atoms. The highest BCUT2D eigenvalue weighted by Crippen LogP contribution is 2.02. The number of carboxylic acid groups (broad SMARTS) is 2. The van der Waals surface area contributed by atoms with E-state index in [4.69, 9.17) is 10.2 Å². The lowest BCUT2D eigenvalue weighted by Crippen LogP contribution is -2.41. The summed E-state index contributed by atoms with van der Waals surface area (Å²) < 4.78 is 0. The molecule has 0 aromatic carbocycles.